The zero-order valence-corrected chi connectivity index (χ0v) is 19.0. The molecule has 1 aliphatic heterocycles. The number of H-pyrrole nitrogens is 1. The summed E-state index contributed by atoms with van der Waals surface area (Å²) in [6.45, 7) is 4.18. The molecule has 1 saturated heterocycles. The molecule has 1 aliphatic rings. The van der Waals surface area contributed by atoms with E-state index in [2.05, 4.69) is 25.9 Å². The Morgan fingerprint density at radius 1 is 1.00 bits per heavy atom. The number of rotatable bonds is 9. The smallest absolute Gasteiger partial charge is 0.410 e. The van der Waals surface area contributed by atoms with E-state index in [1.807, 2.05) is 48.8 Å². The maximum Gasteiger partial charge on any atom is 0.415 e. The standard InChI is InChI=1S/C24H29N5O2S/c30-24(29-17-15-28(16-18-29)14-3-5-21-4-1-2-11-25-21)31-22-8-6-20(7-9-22)10-19-32-23-26-12-13-27-23/h1-2,4,6-9,11-13H,3,5,10,14-19H2,(H,26,27). The number of ether oxygens (including phenoxy) is 1. The average molecular weight is 452 g/mol. The normalized spacial score (nSPS) is 14.4. The highest BCUT2D eigenvalue weighted by Crippen LogP contribution is 2.18. The summed E-state index contributed by atoms with van der Waals surface area (Å²) in [6.07, 6.45) is 8.16. The second-order valence-corrected chi connectivity index (χ2v) is 8.84. The first kappa shape index (κ1) is 22.4. The van der Waals surface area contributed by atoms with Crippen LogP contribution < -0.4 is 4.74 Å². The summed E-state index contributed by atoms with van der Waals surface area (Å²) in [6, 6.07) is 13.8. The molecule has 0 atom stereocenters. The van der Waals surface area contributed by atoms with Crippen molar-refractivity contribution in [3.8, 4) is 5.75 Å². The summed E-state index contributed by atoms with van der Waals surface area (Å²) in [7, 11) is 0. The summed E-state index contributed by atoms with van der Waals surface area (Å²) < 4.78 is 5.59. The fourth-order valence-electron chi connectivity index (χ4n) is 3.67. The van der Waals surface area contributed by atoms with Gasteiger partial charge in [0.25, 0.3) is 0 Å². The summed E-state index contributed by atoms with van der Waals surface area (Å²) >= 11 is 1.69. The topological polar surface area (TPSA) is 74.3 Å². The van der Waals surface area contributed by atoms with E-state index >= 15 is 0 Å². The van der Waals surface area contributed by atoms with Gasteiger partial charge in [-0.3, -0.25) is 9.88 Å². The lowest BCUT2D eigenvalue weighted by Gasteiger charge is -2.34. The van der Waals surface area contributed by atoms with Crippen LogP contribution in [0.3, 0.4) is 0 Å². The predicted octanol–water partition coefficient (Wildman–Crippen LogP) is 3.89. The lowest BCUT2D eigenvalue weighted by Crippen LogP contribution is -2.49. The number of carbonyl (C=O) groups excluding carboxylic acids is 1. The number of imidazole rings is 1. The lowest BCUT2D eigenvalue weighted by atomic mass is 10.2. The molecule has 3 aromatic rings. The van der Waals surface area contributed by atoms with E-state index in [0.717, 1.165) is 55.5 Å². The monoisotopic (exact) mass is 451 g/mol. The molecule has 0 saturated carbocycles. The van der Waals surface area contributed by atoms with Crippen LogP contribution in [-0.4, -0.2) is 69.3 Å². The van der Waals surface area contributed by atoms with Crippen molar-refractivity contribution in [1.82, 2.24) is 24.8 Å². The first-order valence-corrected chi connectivity index (χ1v) is 12.0. The van der Waals surface area contributed by atoms with E-state index < -0.39 is 0 Å². The highest BCUT2D eigenvalue weighted by atomic mass is 32.2. The van der Waals surface area contributed by atoms with Gasteiger partial charge in [-0.15, -0.1) is 0 Å². The Hall–Kier alpha value is -2.84. The minimum Gasteiger partial charge on any atom is -0.410 e. The number of aromatic nitrogens is 3. The third-order valence-electron chi connectivity index (χ3n) is 5.50. The first-order valence-electron chi connectivity index (χ1n) is 11.1. The van der Waals surface area contributed by atoms with Crippen LogP contribution in [0.5, 0.6) is 5.75 Å². The van der Waals surface area contributed by atoms with Gasteiger partial charge in [0, 0.05) is 56.2 Å². The number of nitrogens with one attached hydrogen (secondary N) is 1. The first-order chi connectivity index (χ1) is 15.8. The Bertz CT molecular complexity index is 942. The van der Waals surface area contributed by atoms with Gasteiger partial charge >= 0.3 is 6.09 Å². The van der Waals surface area contributed by atoms with Crippen LogP contribution in [0, 0.1) is 0 Å². The second kappa shape index (κ2) is 11.7. The third kappa shape index (κ3) is 6.83. The molecule has 0 spiro atoms. The van der Waals surface area contributed by atoms with E-state index in [0.29, 0.717) is 18.8 Å². The van der Waals surface area contributed by atoms with Gasteiger partial charge in [0.2, 0.25) is 0 Å². The zero-order chi connectivity index (χ0) is 22.0. The van der Waals surface area contributed by atoms with Crippen molar-refractivity contribution in [2.75, 3.05) is 38.5 Å². The van der Waals surface area contributed by atoms with Crippen LogP contribution in [0.2, 0.25) is 0 Å². The number of aromatic amines is 1. The number of aryl methyl sites for hydroxylation is 2. The minimum absolute atomic E-state index is 0.265. The van der Waals surface area contributed by atoms with Gasteiger partial charge in [0.15, 0.2) is 5.16 Å². The fraction of sp³-hybridized carbons (Fsp3) is 0.375. The molecule has 0 bridgehead atoms. The number of piperazine rings is 1. The number of nitrogens with zero attached hydrogens (tertiary/aromatic N) is 4. The Morgan fingerprint density at radius 3 is 2.56 bits per heavy atom. The van der Waals surface area contributed by atoms with Crippen molar-refractivity contribution in [3.05, 3.63) is 72.3 Å². The molecule has 0 unspecified atom stereocenters. The Kier molecular flexibility index (Phi) is 8.17. The Labute approximate surface area is 193 Å². The molecule has 7 nitrogen and oxygen atoms in total. The van der Waals surface area contributed by atoms with Crippen LogP contribution in [0.15, 0.2) is 66.2 Å². The summed E-state index contributed by atoms with van der Waals surface area (Å²) in [4.78, 5) is 28.4. The molecule has 2 aromatic heterocycles. The molecule has 0 radical (unpaired) electrons. The molecule has 8 heteroatoms. The molecular formula is C24H29N5O2S. The van der Waals surface area contributed by atoms with E-state index in [-0.39, 0.29) is 6.09 Å². The lowest BCUT2D eigenvalue weighted by molar-refractivity contribution is 0.110. The summed E-state index contributed by atoms with van der Waals surface area (Å²) in [5.41, 5.74) is 2.35. The Morgan fingerprint density at radius 2 is 1.84 bits per heavy atom. The van der Waals surface area contributed by atoms with Gasteiger partial charge in [-0.1, -0.05) is 30.0 Å². The maximum atomic E-state index is 12.5. The molecular weight excluding hydrogens is 422 g/mol. The minimum atomic E-state index is -0.265. The van der Waals surface area contributed by atoms with Gasteiger partial charge in [-0.25, -0.2) is 9.78 Å². The summed E-state index contributed by atoms with van der Waals surface area (Å²) in [5.74, 6) is 1.54. The molecule has 1 amide bonds. The van der Waals surface area contributed by atoms with Crippen molar-refractivity contribution in [2.24, 2.45) is 0 Å². The largest absolute Gasteiger partial charge is 0.415 e. The average Bonchev–Trinajstić information content (AvgIpc) is 3.35. The van der Waals surface area contributed by atoms with Crippen LogP contribution in [0.25, 0.3) is 0 Å². The van der Waals surface area contributed by atoms with Gasteiger partial charge < -0.3 is 14.6 Å². The van der Waals surface area contributed by atoms with Crippen molar-refractivity contribution in [1.29, 1.82) is 0 Å². The summed E-state index contributed by atoms with van der Waals surface area (Å²) in [5, 5.41) is 0.934. The van der Waals surface area contributed by atoms with Crippen LogP contribution in [0.4, 0.5) is 4.79 Å². The number of carbonyl (C=O) groups is 1. The van der Waals surface area contributed by atoms with E-state index in [1.54, 1.807) is 22.9 Å². The van der Waals surface area contributed by atoms with E-state index in [4.69, 9.17) is 4.74 Å². The van der Waals surface area contributed by atoms with Crippen molar-refractivity contribution >= 4 is 17.9 Å². The van der Waals surface area contributed by atoms with E-state index in [9.17, 15) is 4.79 Å². The number of thioether (sulfide) groups is 1. The molecule has 168 valence electrons. The quantitative estimate of drug-likeness (QED) is 0.498. The maximum absolute atomic E-state index is 12.5. The highest BCUT2D eigenvalue weighted by molar-refractivity contribution is 7.99. The number of hydrogen-bond acceptors (Lipinski definition) is 6. The molecule has 3 heterocycles. The fourth-order valence-corrected chi connectivity index (χ4v) is 4.49. The van der Waals surface area contributed by atoms with Gasteiger partial charge in [0.05, 0.1) is 0 Å². The molecule has 4 rings (SSSR count). The van der Waals surface area contributed by atoms with Crippen molar-refractivity contribution < 1.29 is 9.53 Å². The molecule has 32 heavy (non-hydrogen) atoms. The molecule has 0 aliphatic carbocycles. The molecule has 1 fully saturated rings. The SMILES string of the molecule is O=C(Oc1ccc(CCSc2ncc[nH]2)cc1)N1CCN(CCCc2ccccn2)CC1. The van der Waals surface area contributed by atoms with Crippen LogP contribution in [0.1, 0.15) is 17.7 Å². The molecule has 1 N–H and O–H groups in total. The van der Waals surface area contributed by atoms with Crippen molar-refractivity contribution in [2.45, 2.75) is 24.4 Å². The van der Waals surface area contributed by atoms with Gasteiger partial charge in [0.1, 0.15) is 5.75 Å². The third-order valence-corrected chi connectivity index (χ3v) is 6.40. The highest BCUT2D eigenvalue weighted by Gasteiger charge is 2.22. The number of benzene rings is 1. The van der Waals surface area contributed by atoms with Crippen LogP contribution in [-0.2, 0) is 12.8 Å². The Balaban J connectivity index is 1.14. The predicted molar refractivity (Wildman–Crippen MR) is 126 cm³/mol. The van der Waals surface area contributed by atoms with Crippen LogP contribution >= 0.6 is 11.8 Å². The number of pyridine rings is 1. The number of amides is 1. The number of hydrogen-bond donors (Lipinski definition) is 1. The van der Waals surface area contributed by atoms with E-state index in [1.165, 1.54) is 5.56 Å². The molecule has 1 aromatic carbocycles. The second-order valence-electron chi connectivity index (χ2n) is 7.76. The van der Waals surface area contributed by atoms with Gasteiger partial charge in [-0.2, -0.15) is 0 Å². The zero-order valence-electron chi connectivity index (χ0n) is 18.2. The van der Waals surface area contributed by atoms with Gasteiger partial charge in [-0.05, 0) is 55.6 Å². The van der Waals surface area contributed by atoms with Crippen molar-refractivity contribution in [3.63, 3.8) is 0 Å².